The third-order valence-electron chi connectivity index (χ3n) is 1.19. The number of rotatable bonds is 2. The molecule has 0 fully saturated rings. The Kier molecular flexibility index (Phi) is 3.78. The van der Waals surface area contributed by atoms with Gasteiger partial charge in [0.2, 0.25) is 5.91 Å². The summed E-state index contributed by atoms with van der Waals surface area (Å²) in [6, 6.07) is 0. The van der Waals surface area contributed by atoms with Crippen LogP contribution in [0, 0.1) is 0 Å². The number of hydrogen-bond donors (Lipinski definition) is 0. The molecular formula is C6H7F6NO. The Morgan fingerprint density at radius 1 is 1.00 bits per heavy atom. The van der Waals surface area contributed by atoms with Crippen LogP contribution in [-0.4, -0.2) is 36.2 Å². The second kappa shape index (κ2) is 4.05. The summed E-state index contributed by atoms with van der Waals surface area (Å²) in [5, 5.41) is 0. The van der Waals surface area contributed by atoms with Crippen molar-refractivity contribution in [3.63, 3.8) is 0 Å². The van der Waals surface area contributed by atoms with E-state index in [1.165, 1.54) is 0 Å². The number of halogens is 6. The van der Waals surface area contributed by atoms with E-state index in [1.54, 1.807) is 0 Å². The molecule has 0 saturated carbocycles. The Bertz CT molecular complexity index is 191. The fourth-order valence-corrected chi connectivity index (χ4v) is 0.711. The van der Waals surface area contributed by atoms with Crippen molar-refractivity contribution in [1.29, 1.82) is 0 Å². The Hall–Kier alpha value is -0.950. The fourth-order valence-electron chi connectivity index (χ4n) is 0.711. The number of carbonyl (C=O) groups excluding carboxylic acids is 1. The molecule has 0 rings (SSSR count). The lowest BCUT2D eigenvalue weighted by atomic mass is 10.4. The number of hydrogen-bond acceptors (Lipinski definition) is 1. The highest BCUT2D eigenvalue weighted by molar-refractivity contribution is 5.73. The lowest BCUT2D eigenvalue weighted by molar-refractivity contribution is -0.186. The maximum Gasteiger partial charge on any atom is 0.406 e. The van der Waals surface area contributed by atoms with E-state index >= 15 is 0 Å². The Labute approximate surface area is 75.5 Å². The molecule has 0 aromatic heterocycles. The van der Waals surface area contributed by atoms with E-state index in [9.17, 15) is 31.1 Å². The molecule has 0 aromatic rings. The SMILES string of the molecule is CC(=O)N(CC(F)(F)F)CC(F)(F)F. The minimum Gasteiger partial charge on any atom is -0.325 e. The smallest absolute Gasteiger partial charge is 0.325 e. The van der Waals surface area contributed by atoms with E-state index in [0.717, 1.165) is 0 Å². The molecule has 0 saturated heterocycles. The van der Waals surface area contributed by atoms with Gasteiger partial charge in [-0.05, 0) is 0 Å². The van der Waals surface area contributed by atoms with Gasteiger partial charge in [-0.3, -0.25) is 4.79 Å². The van der Waals surface area contributed by atoms with Crippen LogP contribution >= 0.6 is 0 Å². The standard InChI is InChI=1S/C6H7F6NO/c1-4(14)13(2-5(7,8)9)3-6(10,11)12/h2-3H2,1H3. The number of nitrogens with zero attached hydrogens (tertiary/aromatic N) is 1. The van der Waals surface area contributed by atoms with Gasteiger partial charge in [-0.2, -0.15) is 26.3 Å². The van der Waals surface area contributed by atoms with Crippen molar-refractivity contribution in [2.45, 2.75) is 19.3 Å². The normalized spacial score (nSPS) is 12.8. The molecular weight excluding hydrogens is 216 g/mol. The first-order valence-electron chi connectivity index (χ1n) is 3.40. The van der Waals surface area contributed by atoms with Crippen LogP contribution in [0.15, 0.2) is 0 Å². The van der Waals surface area contributed by atoms with Crippen molar-refractivity contribution in [1.82, 2.24) is 4.90 Å². The molecule has 0 spiro atoms. The van der Waals surface area contributed by atoms with E-state index in [4.69, 9.17) is 0 Å². The van der Waals surface area contributed by atoms with Gasteiger partial charge >= 0.3 is 12.4 Å². The molecule has 2 nitrogen and oxygen atoms in total. The van der Waals surface area contributed by atoms with Crippen molar-refractivity contribution in [2.75, 3.05) is 13.1 Å². The lowest BCUT2D eigenvalue weighted by Crippen LogP contribution is -2.43. The largest absolute Gasteiger partial charge is 0.406 e. The van der Waals surface area contributed by atoms with Crippen LogP contribution in [0.25, 0.3) is 0 Å². The molecule has 0 unspecified atom stereocenters. The average molecular weight is 223 g/mol. The maximum absolute atomic E-state index is 11.7. The Morgan fingerprint density at radius 3 is 1.43 bits per heavy atom. The van der Waals surface area contributed by atoms with Crippen LogP contribution in [-0.2, 0) is 4.79 Å². The van der Waals surface area contributed by atoms with Crippen LogP contribution in [0.4, 0.5) is 26.3 Å². The summed E-state index contributed by atoms with van der Waals surface area (Å²) in [6.07, 6.45) is -9.64. The molecule has 0 aliphatic carbocycles. The number of amides is 1. The molecule has 14 heavy (non-hydrogen) atoms. The topological polar surface area (TPSA) is 20.3 Å². The minimum absolute atomic E-state index is 0.306. The zero-order valence-electron chi connectivity index (χ0n) is 7.04. The molecule has 0 atom stereocenters. The Morgan fingerprint density at radius 2 is 1.29 bits per heavy atom. The van der Waals surface area contributed by atoms with Crippen molar-refractivity contribution < 1.29 is 31.1 Å². The highest BCUT2D eigenvalue weighted by Gasteiger charge is 2.38. The zero-order valence-corrected chi connectivity index (χ0v) is 7.04. The van der Waals surface area contributed by atoms with Crippen molar-refractivity contribution in [3.8, 4) is 0 Å². The zero-order chi connectivity index (χ0) is 11.6. The van der Waals surface area contributed by atoms with Gasteiger partial charge in [0.05, 0.1) is 0 Å². The van der Waals surface area contributed by atoms with Crippen LogP contribution in [0.1, 0.15) is 6.92 Å². The molecule has 0 N–H and O–H groups in total. The fraction of sp³-hybridized carbons (Fsp3) is 0.833. The Balaban J connectivity index is 4.40. The molecule has 0 bridgehead atoms. The van der Waals surface area contributed by atoms with Crippen LogP contribution in [0.3, 0.4) is 0 Å². The maximum atomic E-state index is 11.7. The summed E-state index contributed by atoms with van der Waals surface area (Å²) < 4.78 is 70.1. The van der Waals surface area contributed by atoms with Gasteiger partial charge in [0.25, 0.3) is 0 Å². The second-order valence-corrected chi connectivity index (χ2v) is 2.61. The minimum atomic E-state index is -4.82. The lowest BCUT2D eigenvalue weighted by Gasteiger charge is -2.23. The first-order valence-corrected chi connectivity index (χ1v) is 3.40. The monoisotopic (exact) mass is 223 g/mol. The molecule has 0 radical (unpaired) electrons. The van der Waals surface area contributed by atoms with Gasteiger partial charge in [0.15, 0.2) is 0 Å². The van der Waals surface area contributed by atoms with Gasteiger partial charge in [-0.25, -0.2) is 0 Å². The van der Waals surface area contributed by atoms with E-state index in [-0.39, 0.29) is 4.90 Å². The van der Waals surface area contributed by atoms with Gasteiger partial charge in [0.1, 0.15) is 13.1 Å². The molecule has 8 heteroatoms. The van der Waals surface area contributed by atoms with Crippen molar-refractivity contribution in [3.05, 3.63) is 0 Å². The second-order valence-electron chi connectivity index (χ2n) is 2.61. The molecule has 0 aliphatic heterocycles. The average Bonchev–Trinajstić information content (AvgIpc) is 1.78. The summed E-state index contributed by atoms with van der Waals surface area (Å²) in [4.78, 5) is 10.1. The third kappa shape index (κ3) is 6.55. The first-order chi connectivity index (χ1) is 6.01. The van der Waals surface area contributed by atoms with Crippen LogP contribution < -0.4 is 0 Å². The van der Waals surface area contributed by atoms with E-state index in [1.807, 2.05) is 0 Å². The molecule has 0 aliphatic rings. The van der Waals surface area contributed by atoms with E-state index in [2.05, 4.69) is 0 Å². The molecule has 84 valence electrons. The van der Waals surface area contributed by atoms with Gasteiger partial charge in [-0.15, -0.1) is 0 Å². The quantitative estimate of drug-likeness (QED) is 0.655. The number of carbonyl (C=O) groups is 1. The summed E-state index contributed by atoms with van der Waals surface area (Å²) >= 11 is 0. The van der Waals surface area contributed by atoms with E-state index in [0.29, 0.717) is 6.92 Å². The van der Waals surface area contributed by atoms with Gasteiger partial charge in [0, 0.05) is 6.92 Å². The highest BCUT2D eigenvalue weighted by atomic mass is 19.4. The van der Waals surface area contributed by atoms with Crippen LogP contribution in [0.5, 0.6) is 0 Å². The van der Waals surface area contributed by atoms with Crippen molar-refractivity contribution >= 4 is 5.91 Å². The summed E-state index contributed by atoms with van der Waals surface area (Å²) in [5.41, 5.74) is 0. The third-order valence-corrected chi connectivity index (χ3v) is 1.19. The van der Waals surface area contributed by atoms with Gasteiger partial charge in [-0.1, -0.05) is 0 Å². The first kappa shape index (κ1) is 13.0. The van der Waals surface area contributed by atoms with Crippen molar-refractivity contribution in [2.24, 2.45) is 0 Å². The predicted octanol–water partition coefficient (Wildman–Crippen LogP) is 1.96. The number of alkyl halides is 6. The highest BCUT2D eigenvalue weighted by Crippen LogP contribution is 2.21. The van der Waals surface area contributed by atoms with Gasteiger partial charge < -0.3 is 4.90 Å². The summed E-state index contributed by atoms with van der Waals surface area (Å²) in [6.45, 7) is -3.12. The van der Waals surface area contributed by atoms with E-state index < -0.39 is 31.3 Å². The molecule has 1 amide bonds. The van der Waals surface area contributed by atoms with Crippen LogP contribution in [0.2, 0.25) is 0 Å². The molecule has 0 aromatic carbocycles. The molecule has 0 heterocycles. The predicted molar refractivity (Wildman–Crippen MR) is 34.4 cm³/mol. The summed E-state index contributed by atoms with van der Waals surface area (Å²) in [5.74, 6) is -1.26. The summed E-state index contributed by atoms with van der Waals surface area (Å²) in [7, 11) is 0.